The standard InChI is InChI=1S/C13H18FNO/c1-16-10-5-6-12(13(14)7-10)11-4-2-3-9(11)8-15/h5-7,9,11H,2-4,8,15H2,1H3. The number of methoxy groups -OCH3 is 1. The smallest absolute Gasteiger partial charge is 0.130 e. The number of rotatable bonds is 3. The summed E-state index contributed by atoms with van der Waals surface area (Å²) in [4.78, 5) is 0. The zero-order chi connectivity index (χ0) is 11.5. The Labute approximate surface area is 95.6 Å². The maximum atomic E-state index is 13.9. The molecular weight excluding hydrogens is 205 g/mol. The largest absolute Gasteiger partial charge is 0.497 e. The molecule has 1 aromatic carbocycles. The second kappa shape index (κ2) is 4.83. The number of benzene rings is 1. The molecule has 88 valence electrons. The van der Waals surface area contributed by atoms with Crippen LogP contribution in [0.5, 0.6) is 5.75 Å². The van der Waals surface area contributed by atoms with Gasteiger partial charge in [-0.15, -0.1) is 0 Å². The van der Waals surface area contributed by atoms with E-state index in [9.17, 15) is 4.39 Å². The van der Waals surface area contributed by atoms with Gasteiger partial charge in [0, 0.05) is 6.07 Å². The van der Waals surface area contributed by atoms with Crippen LogP contribution in [0.25, 0.3) is 0 Å². The minimum atomic E-state index is -0.162. The second-order valence-electron chi connectivity index (χ2n) is 4.42. The van der Waals surface area contributed by atoms with E-state index >= 15 is 0 Å². The van der Waals surface area contributed by atoms with Crippen LogP contribution in [0.3, 0.4) is 0 Å². The summed E-state index contributed by atoms with van der Waals surface area (Å²) in [6.07, 6.45) is 3.32. The quantitative estimate of drug-likeness (QED) is 0.855. The highest BCUT2D eigenvalue weighted by Gasteiger charge is 2.29. The van der Waals surface area contributed by atoms with Gasteiger partial charge in [-0.2, -0.15) is 0 Å². The van der Waals surface area contributed by atoms with Gasteiger partial charge in [0.05, 0.1) is 7.11 Å². The topological polar surface area (TPSA) is 35.2 Å². The molecule has 0 aromatic heterocycles. The molecular formula is C13H18FNO. The summed E-state index contributed by atoms with van der Waals surface area (Å²) in [5.74, 6) is 1.13. The second-order valence-corrected chi connectivity index (χ2v) is 4.42. The molecule has 1 aromatic rings. The number of nitrogens with two attached hydrogens (primary N) is 1. The van der Waals surface area contributed by atoms with Crippen molar-refractivity contribution in [1.29, 1.82) is 0 Å². The summed E-state index contributed by atoms with van der Waals surface area (Å²) >= 11 is 0. The molecule has 2 nitrogen and oxygen atoms in total. The van der Waals surface area contributed by atoms with Crippen LogP contribution in [-0.4, -0.2) is 13.7 Å². The Balaban J connectivity index is 2.26. The zero-order valence-corrected chi connectivity index (χ0v) is 9.58. The first-order chi connectivity index (χ1) is 7.76. The molecule has 2 atom stereocenters. The van der Waals surface area contributed by atoms with E-state index in [1.807, 2.05) is 12.1 Å². The molecule has 0 spiro atoms. The minimum Gasteiger partial charge on any atom is -0.497 e. The third-order valence-corrected chi connectivity index (χ3v) is 3.57. The maximum absolute atomic E-state index is 13.9. The zero-order valence-electron chi connectivity index (χ0n) is 9.58. The molecule has 2 rings (SSSR count). The van der Waals surface area contributed by atoms with Crippen LogP contribution in [0.2, 0.25) is 0 Å². The van der Waals surface area contributed by atoms with Crippen LogP contribution >= 0.6 is 0 Å². The molecule has 1 saturated carbocycles. The van der Waals surface area contributed by atoms with E-state index in [4.69, 9.17) is 10.5 Å². The lowest BCUT2D eigenvalue weighted by Crippen LogP contribution is -2.18. The van der Waals surface area contributed by atoms with Gasteiger partial charge in [0.2, 0.25) is 0 Å². The van der Waals surface area contributed by atoms with Crippen molar-refractivity contribution in [3.8, 4) is 5.75 Å². The molecule has 0 aliphatic heterocycles. The predicted octanol–water partition coefficient (Wildman–Crippen LogP) is 2.68. The van der Waals surface area contributed by atoms with Gasteiger partial charge in [-0.1, -0.05) is 12.5 Å². The molecule has 0 bridgehead atoms. The molecule has 16 heavy (non-hydrogen) atoms. The van der Waals surface area contributed by atoms with Crippen molar-refractivity contribution in [1.82, 2.24) is 0 Å². The Kier molecular flexibility index (Phi) is 3.44. The maximum Gasteiger partial charge on any atom is 0.130 e. The first kappa shape index (κ1) is 11.4. The van der Waals surface area contributed by atoms with E-state index in [-0.39, 0.29) is 11.7 Å². The number of ether oxygens (including phenoxy) is 1. The molecule has 1 aliphatic carbocycles. The van der Waals surface area contributed by atoms with Crippen molar-refractivity contribution < 1.29 is 9.13 Å². The van der Waals surface area contributed by atoms with E-state index in [1.54, 1.807) is 7.11 Å². The summed E-state index contributed by atoms with van der Waals surface area (Å²) in [5, 5.41) is 0. The van der Waals surface area contributed by atoms with Crippen LogP contribution in [0, 0.1) is 11.7 Å². The minimum absolute atomic E-state index is 0.162. The fourth-order valence-electron chi connectivity index (χ4n) is 2.66. The number of hydrogen-bond donors (Lipinski definition) is 1. The van der Waals surface area contributed by atoms with E-state index in [0.717, 1.165) is 24.8 Å². The van der Waals surface area contributed by atoms with Crippen molar-refractivity contribution in [3.05, 3.63) is 29.6 Å². The Hall–Kier alpha value is -1.09. The van der Waals surface area contributed by atoms with Gasteiger partial charge in [-0.05, 0) is 42.9 Å². The van der Waals surface area contributed by atoms with E-state index < -0.39 is 0 Å². The van der Waals surface area contributed by atoms with Crippen LogP contribution in [0.4, 0.5) is 4.39 Å². The lowest BCUT2D eigenvalue weighted by Gasteiger charge is -2.19. The fourth-order valence-corrected chi connectivity index (χ4v) is 2.66. The van der Waals surface area contributed by atoms with Crippen molar-refractivity contribution in [2.45, 2.75) is 25.2 Å². The lowest BCUT2D eigenvalue weighted by molar-refractivity contribution is 0.408. The van der Waals surface area contributed by atoms with Crippen molar-refractivity contribution in [3.63, 3.8) is 0 Å². The Morgan fingerprint density at radius 2 is 2.25 bits per heavy atom. The first-order valence-corrected chi connectivity index (χ1v) is 5.79. The highest BCUT2D eigenvalue weighted by atomic mass is 19.1. The molecule has 2 N–H and O–H groups in total. The summed E-state index contributed by atoms with van der Waals surface area (Å²) in [6, 6.07) is 5.12. The van der Waals surface area contributed by atoms with E-state index in [0.29, 0.717) is 18.2 Å². The molecule has 1 aliphatic rings. The highest BCUT2D eigenvalue weighted by Crippen LogP contribution is 2.40. The van der Waals surface area contributed by atoms with Gasteiger partial charge < -0.3 is 10.5 Å². The molecule has 0 amide bonds. The van der Waals surface area contributed by atoms with Gasteiger partial charge in [0.1, 0.15) is 11.6 Å². The Morgan fingerprint density at radius 1 is 1.44 bits per heavy atom. The SMILES string of the molecule is COc1ccc(C2CCCC2CN)c(F)c1. The third-order valence-electron chi connectivity index (χ3n) is 3.57. The van der Waals surface area contributed by atoms with Gasteiger partial charge in [-0.25, -0.2) is 4.39 Å². The molecule has 0 heterocycles. The monoisotopic (exact) mass is 223 g/mol. The van der Waals surface area contributed by atoms with Crippen molar-refractivity contribution in [2.24, 2.45) is 11.7 Å². The fraction of sp³-hybridized carbons (Fsp3) is 0.538. The van der Waals surface area contributed by atoms with E-state index in [1.165, 1.54) is 6.07 Å². The van der Waals surface area contributed by atoms with Gasteiger partial charge in [-0.3, -0.25) is 0 Å². The highest BCUT2D eigenvalue weighted by molar-refractivity contribution is 5.32. The van der Waals surface area contributed by atoms with Crippen molar-refractivity contribution >= 4 is 0 Å². The Morgan fingerprint density at radius 3 is 2.88 bits per heavy atom. The summed E-state index contributed by atoms with van der Waals surface area (Å²) in [6.45, 7) is 0.649. The Bertz CT molecular complexity index is 367. The molecule has 1 fully saturated rings. The predicted molar refractivity (Wildman–Crippen MR) is 62.1 cm³/mol. The van der Waals surface area contributed by atoms with Crippen molar-refractivity contribution in [2.75, 3.05) is 13.7 Å². The first-order valence-electron chi connectivity index (χ1n) is 5.79. The molecule has 3 heteroatoms. The van der Waals surface area contributed by atoms with Crippen LogP contribution in [-0.2, 0) is 0 Å². The van der Waals surface area contributed by atoms with Crippen LogP contribution in [0.15, 0.2) is 18.2 Å². The number of halogens is 1. The average Bonchev–Trinajstić information content (AvgIpc) is 2.76. The van der Waals surface area contributed by atoms with Gasteiger partial charge >= 0.3 is 0 Å². The third kappa shape index (κ3) is 2.05. The summed E-state index contributed by atoms with van der Waals surface area (Å²) < 4.78 is 18.9. The normalized spacial score (nSPS) is 24.7. The molecule has 0 radical (unpaired) electrons. The van der Waals surface area contributed by atoms with Gasteiger partial charge in [0.25, 0.3) is 0 Å². The number of hydrogen-bond acceptors (Lipinski definition) is 2. The summed E-state index contributed by atoms with van der Waals surface area (Å²) in [5.41, 5.74) is 6.52. The molecule has 0 saturated heterocycles. The average molecular weight is 223 g/mol. The summed E-state index contributed by atoms with van der Waals surface area (Å²) in [7, 11) is 1.55. The van der Waals surface area contributed by atoms with Gasteiger partial charge in [0.15, 0.2) is 0 Å². The van der Waals surface area contributed by atoms with Crippen LogP contribution in [0.1, 0.15) is 30.7 Å². The lowest BCUT2D eigenvalue weighted by atomic mass is 9.88. The van der Waals surface area contributed by atoms with E-state index in [2.05, 4.69) is 0 Å². The van der Waals surface area contributed by atoms with Crippen LogP contribution < -0.4 is 10.5 Å². The molecule has 2 unspecified atom stereocenters.